The second kappa shape index (κ2) is 10.9. The molecular weight excluding hydrogens is 448 g/mol. The molecule has 3 aromatic rings. The number of carbonyl (C=O) groups excluding carboxylic acids is 1. The Morgan fingerprint density at radius 1 is 1.09 bits per heavy atom. The Morgan fingerprint density at radius 2 is 1.77 bits per heavy atom. The maximum Gasteiger partial charge on any atom is 0.330 e. The third-order valence-corrected chi connectivity index (χ3v) is 5.96. The van der Waals surface area contributed by atoms with Crippen LogP contribution >= 0.6 is 0 Å². The maximum absolute atomic E-state index is 12.8. The molecule has 184 valence electrons. The van der Waals surface area contributed by atoms with Crippen molar-refractivity contribution in [3.05, 3.63) is 81.0 Å². The fourth-order valence-electron chi connectivity index (χ4n) is 4.11. The average molecular weight is 479 g/mol. The van der Waals surface area contributed by atoms with Crippen LogP contribution in [0, 0.1) is 0 Å². The van der Waals surface area contributed by atoms with Crippen LogP contribution in [0.5, 0.6) is 0 Å². The van der Waals surface area contributed by atoms with Crippen molar-refractivity contribution in [3.8, 4) is 0 Å². The number of carbonyl (C=O) groups is 1. The Bertz CT molecular complexity index is 1260. The van der Waals surface area contributed by atoms with Crippen LogP contribution in [0.3, 0.4) is 0 Å². The van der Waals surface area contributed by atoms with Crippen LogP contribution in [0.4, 0.5) is 22.9 Å². The standard InChI is InChI=1S/C25H30N6O4/c1-2-29(17-21(32)27-19-8-10-20(11-9-19)30-12-14-35-15-13-30)22-23(26)31(25(34)28-24(22)33)16-18-6-4-3-5-7-18/h3-11H,2,12-17,26H2,1H3,(H,27,32)(H,28,33,34). The van der Waals surface area contributed by atoms with Crippen LogP contribution in [0.1, 0.15) is 12.5 Å². The van der Waals surface area contributed by atoms with Gasteiger partial charge < -0.3 is 25.6 Å². The second-order valence-corrected chi connectivity index (χ2v) is 8.27. The lowest BCUT2D eigenvalue weighted by atomic mass is 10.2. The number of ether oxygens (including phenoxy) is 1. The van der Waals surface area contributed by atoms with Crippen LogP contribution < -0.4 is 32.1 Å². The van der Waals surface area contributed by atoms with Gasteiger partial charge in [-0.3, -0.25) is 19.1 Å². The molecule has 1 aliphatic heterocycles. The number of anilines is 4. The molecule has 1 saturated heterocycles. The smallest absolute Gasteiger partial charge is 0.330 e. The highest BCUT2D eigenvalue weighted by atomic mass is 16.5. The van der Waals surface area contributed by atoms with Crippen molar-refractivity contribution in [1.82, 2.24) is 9.55 Å². The van der Waals surface area contributed by atoms with Crippen LogP contribution in [0.15, 0.2) is 64.2 Å². The number of nitrogens with one attached hydrogen (secondary N) is 2. The van der Waals surface area contributed by atoms with Crippen molar-refractivity contribution in [2.75, 3.05) is 60.2 Å². The number of aromatic amines is 1. The quantitative estimate of drug-likeness (QED) is 0.448. The molecule has 0 saturated carbocycles. The summed E-state index contributed by atoms with van der Waals surface area (Å²) in [6, 6.07) is 16.9. The summed E-state index contributed by atoms with van der Waals surface area (Å²) >= 11 is 0. The topological polar surface area (TPSA) is 126 Å². The van der Waals surface area contributed by atoms with Gasteiger partial charge in [0.25, 0.3) is 5.56 Å². The number of hydrogen-bond donors (Lipinski definition) is 3. The molecule has 0 atom stereocenters. The van der Waals surface area contributed by atoms with E-state index in [9.17, 15) is 14.4 Å². The molecule has 1 aromatic heterocycles. The van der Waals surface area contributed by atoms with E-state index in [-0.39, 0.29) is 30.5 Å². The number of rotatable bonds is 8. The van der Waals surface area contributed by atoms with Crippen molar-refractivity contribution < 1.29 is 9.53 Å². The Hall–Kier alpha value is -4.05. The molecule has 2 heterocycles. The van der Waals surface area contributed by atoms with Gasteiger partial charge in [-0.15, -0.1) is 0 Å². The Balaban J connectivity index is 1.48. The minimum absolute atomic E-state index is 0.0205. The molecule has 0 spiro atoms. The monoisotopic (exact) mass is 478 g/mol. The molecule has 0 unspecified atom stereocenters. The number of amides is 1. The summed E-state index contributed by atoms with van der Waals surface area (Å²) in [5.74, 6) is -0.280. The third-order valence-electron chi connectivity index (χ3n) is 5.96. The van der Waals surface area contributed by atoms with Crippen LogP contribution in [-0.2, 0) is 16.1 Å². The minimum Gasteiger partial charge on any atom is -0.383 e. The predicted octanol–water partition coefficient (Wildman–Crippen LogP) is 1.47. The first-order chi connectivity index (χ1) is 17.0. The summed E-state index contributed by atoms with van der Waals surface area (Å²) in [5.41, 5.74) is 7.74. The average Bonchev–Trinajstić information content (AvgIpc) is 2.87. The summed E-state index contributed by atoms with van der Waals surface area (Å²) in [7, 11) is 0. The van der Waals surface area contributed by atoms with Crippen LogP contribution in [0.2, 0.25) is 0 Å². The molecule has 1 amide bonds. The first kappa shape index (κ1) is 24.1. The molecule has 2 aromatic carbocycles. The molecule has 35 heavy (non-hydrogen) atoms. The Labute approximate surface area is 202 Å². The molecule has 4 N–H and O–H groups in total. The first-order valence-corrected chi connectivity index (χ1v) is 11.6. The number of likely N-dealkylation sites (N-methyl/N-ethyl adjacent to an activating group) is 1. The van der Waals surface area contributed by atoms with Crippen molar-refractivity contribution in [3.63, 3.8) is 0 Å². The summed E-state index contributed by atoms with van der Waals surface area (Å²) in [5, 5.41) is 2.87. The minimum atomic E-state index is -0.624. The Kier molecular flexibility index (Phi) is 7.51. The van der Waals surface area contributed by atoms with E-state index in [1.165, 1.54) is 4.57 Å². The van der Waals surface area contributed by atoms with E-state index in [2.05, 4.69) is 15.2 Å². The molecule has 1 aliphatic rings. The third kappa shape index (κ3) is 5.72. The van der Waals surface area contributed by atoms with Crippen LogP contribution in [-0.4, -0.2) is 54.9 Å². The lowest BCUT2D eigenvalue weighted by Gasteiger charge is -2.29. The van der Waals surface area contributed by atoms with E-state index >= 15 is 0 Å². The number of H-pyrrole nitrogens is 1. The molecule has 10 nitrogen and oxygen atoms in total. The number of hydrogen-bond acceptors (Lipinski definition) is 7. The van der Waals surface area contributed by atoms with Gasteiger partial charge in [0.1, 0.15) is 11.5 Å². The van der Waals surface area contributed by atoms with Gasteiger partial charge in [0.2, 0.25) is 5.91 Å². The van der Waals surface area contributed by atoms with E-state index in [0.717, 1.165) is 24.3 Å². The van der Waals surface area contributed by atoms with E-state index < -0.39 is 11.2 Å². The van der Waals surface area contributed by atoms with E-state index in [4.69, 9.17) is 10.5 Å². The molecule has 10 heteroatoms. The largest absolute Gasteiger partial charge is 0.383 e. The first-order valence-electron chi connectivity index (χ1n) is 11.6. The van der Waals surface area contributed by atoms with E-state index in [1.807, 2.05) is 61.5 Å². The van der Waals surface area contributed by atoms with Gasteiger partial charge in [-0.05, 0) is 36.8 Å². The second-order valence-electron chi connectivity index (χ2n) is 8.27. The lowest BCUT2D eigenvalue weighted by molar-refractivity contribution is -0.115. The number of nitrogen functional groups attached to an aromatic ring is 1. The van der Waals surface area contributed by atoms with Crippen molar-refractivity contribution in [1.29, 1.82) is 0 Å². The number of morpholine rings is 1. The van der Waals surface area contributed by atoms with Gasteiger partial charge in [-0.2, -0.15) is 0 Å². The SMILES string of the molecule is CCN(CC(=O)Nc1ccc(N2CCOCC2)cc1)c1c(N)n(Cc2ccccc2)c(=O)[nH]c1=O. The van der Waals surface area contributed by atoms with Gasteiger partial charge in [-0.25, -0.2) is 4.79 Å². The maximum atomic E-state index is 12.8. The van der Waals surface area contributed by atoms with Crippen LogP contribution in [0.25, 0.3) is 0 Å². The normalized spacial score (nSPS) is 13.5. The van der Waals surface area contributed by atoms with E-state index in [1.54, 1.807) is 4.90 Å². The molecule has 1 fully saturated rings. The summed E-state index contributed by atoms with van der Waals surface area (Å²) in [4.78, 5) is 44.0. The molecule has 0 radical (unpaired) electrons. The Morgan fingerprint density at radius 3 is 2.43 bits per heavy atom. The molecule has 0 aliphatic carbocycles. The number of nitrogens with two attached hydrogens (primary N) is 1. The number of benzene rings is 2. The fourth-order valence-corrected chi connectivity index (χ4v) is 4.11. The van der Waals surface area contributed by atoms with Gasteiger partial charge in [0.15, 0.2) is 0 Å². The molecule has 0 bridgehead atoms. The summed E-state index contributed by atoms with van der Waals surface area (Å²) in [6.45, 7) is 5.33. The zero-order valence-corrected chi connectivity index (χ0v) is 19.7. The number of aromatic nitrogens is 2. The highest BCUT2D eigenvalue weighted by Crippen LogP contribution is 2.20. The summed E-state index contributed by atoms with van der Waals surface area (Å²) in [6.07, 6.45) is 0. The van der Waals surface area contributed by atoms with E-state index in [0.29, 0.717) is 25.4 Å². The zero-order chi connectivity index (χ0) is 24.8. The van der Waals surface area contributed by atoms with Gasteiger partial charge in [0, 0.05) is 31.0 Å². The fraction of sp³-hybridized carbons (Fsp3) is 0.320. The van der Waals surface area contributed by atoms with Crippen molar-refractivity contribution in [2.45, 2.75) is 13.5 Å². The molecular formula is C25H30N6O4. The zero-order valence-electron chi connectivity index (χ0n) is 19.7. The highest BCUT2D eigenvalue weighted by molar-refractivity contribution is 5.94. The lowest BCUT2D eigenvalue weighted by Crippen LogP contribution is -2.41. The van der Waals surface area contributed by atoms with Crippen molar-refractivity contribution >= 4 is 28.8 Å². The van der Waals surface area contributed by atoms with Gasteiger partial charge >= 0.3 is 5.69 Å². The van der Waals surface area contributed by atoms with Gasteiger partial charge in [-0.1, -0.05) is 30.3 Å². The van der Waals surface area contributed by atoms with Gasteiger partial charge in [0.05, 0.1) is 26.3 Å². The highest BCUT2D eigenvalue weighted by Gasteiger charge is 2.20. The van der Waals surface area contributed by atoms with Crippen molar-refractivity contribution in [2.24, 2.45) is 0 Å². The predicted molar refractivity (Wildman–Crippen MR) is 137 cm³/mol. The summed E-state index contributed by atoms with van der Waals surface area (Å²) < 4.78 is 6.69. The molecule has 4 rings (SSSR count). The number of nitrogens with zero attached hydrogens (tertiary/aromatic N) is 3.